The topological polar surface area (TPSA) is 150 Å². The van der Waals surface area contributed by atoms with Crippen LogP contribution < -0.4 is 16.0 Å². The van der Waals surface area contributed by atoms with Crippen LogP contribution in [0.25, 0.3) is 0 Å². The van der Waals surface area contributed by atoms with Crippen LogP contribution in [0.15, 0.2) is 30.3 Å². The molecule has 8 unspecified atom stereocenters. The zero-order valence-electron chi connectivity index (χ0n) is 37.7. The van der Waals surface area contributed by atoms with E-state index in [1.807, 2.05) is 112 Å². The summed E-state index contributed by atoms with van der Waals surface area (Å²) in [6.07, 6.45) is 1.16. The van der Waals surface area contributed by atoms with E-state index < -0.39 is 47.8 Å². The van der Waals surface area contributed by atoms with E-state index in [0.29, 0.717) is 19.4 Å². The Balaban J connectivity index is 2.32. The molecule has 0 aliphatic carbocycles. The molecule has 324 valence electrons. The molecule has 57 heavy (non-hydrogen) atoms. The highest BCUT2D eigenvalue weighted by atomic mass is 16.5. The number of likely N-dealkylation sites (tertiary alicyclic amines) is 1. The molecule has 9 atom stereocenters. The molecule has 0 spiro atoms. The number of benzene rings is 1. The molecule has 1 aromatic rings. The van der Waals surface area contributed by atoms with Gasteiger partial charge in [0.1, 0.15) is 12.1 Å². The van der Waals surface area contributed by atoms with E-state index in [4.69, 9.17) is 9.47 Å². The molecule has 1 aliphatic rings. The van der Waals surface area contributed by atoms with Crippen molar-refractivity contribution in [2.24, 2.45) is 23.7 Å². The van der Waals surface area contributed by atoms with Crippen LogP contribution in [0, 0.1) is 23.7 Å². The van der Waals surface area contributed by atoms with Gasteiger partial charge in [0.05, 0.1) is 42.7 Å². The molecule has 1 fully saturated rings. The Labute approximate surface area is 343 Å². The van der Waals surface area contributed by atoms with Crippen molar-refractivity contribution < 1.29 is 33.4 Å². The second-order valence-corrected chi connectivity index (χ2v) is 18.0. The molecule has 1 saturated heterocycles. The maximum absolute atomic E-state index is 14.3. The lowest BCUT2D eigenvalue weighted by Crippen LogP contribution is -2.59. The molecule has 2 rings (SSSR count). The van der Waals surface area contributed by atoms with Crippen LogP contribution in [0.2, 0.25) is 0 Å². The van der Waals surface area contributed by atoms with Crippen LogP contribution >= 0.6 is 0 Å². The minimum atomic E-state index is -0.812. The van der Waals surface area contributed by atoms with Crippen LogP contribution in [0.4, 0.5) is 0 Å². The lowest BCUT2D eigenvalue weighted by atomic mass is 9.89. The molecule has 13 nitrogen and oxygen atoms in total. The first-order valence-corrected chi connectivity index (χ1v) is 20.8. The van der Waals surface area contributed by atoms with E-state index in [0.717, 1.165) is 18.4 Å². The van der Waals surface area contributed by atoms with Crippen molar-refractivity contribution in [3.63, 3.8) is 0 Å². The van der Waals surface area contributed by atoms with Gasteiger partial charge in [0.2, 0.25) is 29.5 Å². The first-order chi connectivity index (χ1) is 26.6. The highest BCUT2D eigenvalue weighted by Gasteiger charge is 2.43. The van der Waals surface area contributed by atoms with Crippen LogP contribution in [0.5, 0.6) is 0 Å². The molecular weight excluding hydrogens is 725 g/mol. The molecule has 0 radical (unpaired) electrons. The van der Waals surface area contributed by atoms with Gasteiger partial charge in [0.15, 0.2) is 0 Å². The Kier molecular flexibility index (Phi) is 19.6. The molecule has 1 aromatic carbocycles. The monoisotopic (exact) mass is 801 g/mol. The SMILES string of the molecule is CCC(C)C(C(CC(=O)N1CCCC1C(OC)C(C)C(=O)NC(Cc1ccccc1)C(=O)NC(C)(C)C)OC)N(C)C(=O)[C@@H](NC(=O)C(C(C)C)N(C)C)C(C)C. The average Bonchev–Trinajstić information content (AvgIpc) is 3.62. The first-order valence-electron chi connectivity index (χ1n) is 20.8. The summed E-state index contributed by atoms with van der Waals surface area (Å²) in [4.78, 5) is 74.7. The lowest BCUT2D eigenvalue weighted by Gasteiger charge is -2.41. The summed E-state index contributed by atoms with van der Waals surface area (Å²) < 4.78 is 12.0. The highest BCUT2D eigenvalue weighted by molar-refractivity contribution is 5.91. The molecule has 1 aliphatic heterocycles. The fourth-order valence-corrected chi connectivity index (χ4v) is 8.23. The average molecular weight is 801 g/mol. The second kappa shape index (κ2) is 22.6. The number of hydrogen-bond acceptors (Lipinski definition) is 8. The van der Waals surface area contributed by atoms with Crippen LogP contribution in [0.1, 0.15) is 100 Å². The summed E-state index contributed by atoms with van der Waals surface area (Å²) in [6, 6.07) is 6.72. The highest BCUT2D eigenvalue weighted by Crippen LogP contribution is 2.30. The third-order valence-electron chi connectivity index (χ3n) is 11.4. The van der Waals surface area contributed by atoms with E-state index in [9.17, 15) is 24.0 Å². The third-order valence-corrected chi connectivity index (χ3v) is 11.4. The van der Waals surface area contributed by atoms with E-state index in [1.54, 1.807) is 38.0 Å². The van der Waals surface area contributed by atoms with Gasteiger partial charge >= 0.3 is 0 Å². The Morgan fingerprint density at radius 1 is 0.860 bits per heavy atom. The van der Waals surface area contributed by atoms with E-state index in [-0.39, 0.29) is 59.8 Å². The van der Waals surface area contributed by atoms with Gasteiger partial charge in [-0.2, -0.15) is 0 Å². The summed E-state index contributed by atoms with van der Waals surface area (Å²) in [5, 5.41) is 9.04. The molecule has 1 heterocycles. The summed E-state index contributed by atoms with van der Waals surface area (Å²) in [5.74, 6) is -2.07. The van der Waals surface area contributed by atoms with Crippen LogP contribution in [-0.4, -0.2) is 134 Å². The smallest absolute Gasteiger partial charge is 0.245 e. The van der Waals surface area contributed by atoms with Crippen molar-refractivity contribution in [1.29, 1.82) is 0 Å². The van der Waals surface area contributed by atoms with Gasteiger partial charge in [-0.15, -0.1) is 0 Å². The van der Waals surface area contributed by atoms with Crippen molar-refractivity contribution in [2.75, 3.05) is 41.9 Å². The second-order valence-electron chi connectivity index (χ2n) is 18.0. The molecule has 0 aromatic heterocycles. The normalized spacial score (nSPS) is 19.0. The van der Waals surface area contributed by atoms with Gasteiger partial charge in [-0.1, -0.05) is 85.2 Å². The van der Waals surface area contributed by atoms with Gasteiger partial charge in [-0.25, -0.2) is 0 Å². The number of likely N-dealkylation sites (N-methyl/N-ethyl adjacent to an activating group) is 2. The van der Waals surface area contributed by atoms with Gasteiger partial charge < -0.3 is 35.2 Å². The van der Waals surface area contributed by atoms with Crippen LogP contribution in [-0.2, 0) is 39.9 Å². The summed E-state index contributed by atoms with van der Waals surface area (Å²) in [5.41, 5.74) is 0.424. The van der Waals surface area contributed by atoms with Gasteiger partial charge in [0, 0.05) is 39.8 Å². The maximum Gasteiger partial charge on any atom is 0.245 e. The number of methoxy groups -OCH3 is 2. The van der Waals surface area contributed by atoms with E-state index in [1.165, 1.54) is 0 Å². The number of carbonyl (C=O) groups excluding carboxylic acids is 5. The molecular formula is C44H76N6O7. The predicted molar refractivity (Wildman–Crippen MR) is 225 cm³/mol. The number of amides is 5. The predicted octanol–water partition coefficient (Wildman–Crippen LogP) is 4.28. The number of hydrogen-bond donors (Lipinski definition) is 3. The van der Waals surface area contributed by atoms with Crippen LogP contribution in [0.3, 0.4) is 0 Å². The Hall–Kier alpha value is -3.55. The maximum atomic E-state index is 14.3. The Bertz CT molecular complexity index is 1440. The summed E-state index contributed by atoms with van der Waals surface area (Å²) in [6.45, 7) is 19.8. The molecule has 0 bridgehead atoms. The van der Waals surface area contributed by atoms with Gasteiger partial charge in [-0.05, 0) is 71.0 Å². The number of ether oxygens (including phenoxy) is 2. The number of nitrogens with zero attached hydrogens (tertiary/aromatic N) is 3. The fourth-order valence-electron chi connectivity index (χ4n) is 8.23. The number of carbonyl (C=O) groups is 5. The van der Waals surface area contributed by atoms with E-state index in [2.05, 4.69) is 16.0 Å². The Morgan fingerprint density at radius 2 is 1.47 bits per heavy atom. The van der Waals surface area contributed by atoms with Crippen molar-refractivity contribution in [3.8, 4) is 0 Å². The van der Waals surface area contributed by atoms with Crippen molar-refractivity contribution in [1.82, 2.24) is 30.7 Å². The Morgan fingerprint density at radius 3 is 1.96 bits per heavy atom. The first kappa shape index (κ1) is 49.6. The lowest BCUT2D eigenvalue weighted by molar-refractivity contribution is -0.148. The number of nitrogens with one attached hydrogen (secondary N) is 3. The van der Waals surface area contributed by atoms with Crippen molar-refractivity contribution >= 4 is 29.5 Å². The largest absolute Gasteiger partial charge is 0.379 e. The molecule has 13 heteroatoms. The minimum Gasteiger partial charge on any atom is -0.379 e. The summed E-state index contributed by atoms with van der Waals surface area (Å²) in [7, 11) is 8.55. The number of rotatable bonds is 21. The third kappa shape index (κ3) is 14.1. The minimum absolute atomic E-state index is 0.0114. The molecule has 3 N–H and O–H groups in total. The summed E-state index contributed by atoms with van der Waals surface area (Å²) >= 11 is 0. The van der Waals surface area contributed by atoms with E-state index >= 15 is 0 Å². The van der Waals surface area contributed by atoms with Crippen molar-refractivity contribution in [3.05, 3.63) is 35.9 Å². The zero-order valence-corrected chi connectivity index (χ0v) is 37.7. The molecule has 0 saturated carbocycles. The van der Waals surface area contributed by atoms with Crippen molar-refractivity contribution in [2.45, 2.75) is 149 Å². The standard InChI is InChI=1S/C44H76N6O7/c1-16-29(6)38(49(13)43(55)36(27(2)3)46-42(54)37(28(4)5)48(11)12)34(56-14)26-35(51)50-24-20-23-33(50)39(57-15)30(7)40(52)45-32(41(53)47-44(8,9)10)25-31-21-18-17-19-22-31/h17-19,21-22,27-30,32-34,36-39H,16,20,23-26H2,1-15H3,(H,45,52)(H,46,54)(H,47,53)/t29?,30?,32?,33?,34?,36-,37?,38?,39?/m0/s1. The molecule has 5 amide bonds. The van der Waals surface area contributed by atoms with Gasteiger partial charge in [0.25, 0.3) is 0 Å². The van der Waals surface area contributed by atoms with Gasteiger partial charge in [-0.3, -0.25) is 28.9 Å². The zero-order chi connectivity index (χ0) is 43.4. The fraction of sp³-hybridized carbons (Fsp3) is 0.750. The quantitative estimate of drug-likeness (QED) is 0.167.